The number of hydrogen-bond donors (Lipinski definition) is 1. The number of nitrogens with two attached hydrogens (primary N) is 1. The molecule has 0 aliphatic carbocycles. The molecule has 15 heavy (non-hydrogen) atoms. The summed E-state index contributed by atoms with van der Waals surface area (Å²) in [6.07, 6.45) is 5.79. The highest BCUT2D eigenvalue weighted by Crippen LogP contribution is 2.15. The fourth-order valence-corrected chi connectivity index (χ4v) is 1.61. The quantitative estimate of drug-likeness (QED) is 0.520. The van der Waals surface area contributed by atoms with Gasteiger partial charge in [-0.05, 0) is 19.8 Å². The first kappa shape index (κ1) is 14.0. The first-order valence-electron chi connectivity index (χ1n) is 5.67. The van der Waals surface area contributed by atoms with E-state index in [-0.39, 0.29) is 5.91 Å². The van der Waals surface area contributed by atoms with Crippen molar-refractivity contribution in [2.24, 2.45) is 5.73 Å². The molecule has 0 saturated carbocycles. The molecule has 0 saturated heterocycles. The summed E-state index contributed by atoms with van der Waals surface area (Å²) in [5.74, 6) is -0.311. The van der Waals surface area contributed by atoms with Gasteiger partial charge < -0.3 is 10.6 Å². The second kappa shape index (κ2) is 7.32. The van der Waals surface area contributed by atoms with Crippen molar-refractivity contribution in [2.45, 2.75) is 46.0 Å². The van der Waals surface area contributed by atoms with Crippen molar-refractivity contribution in [3.8, 4) is 0 Å². The van der Waals surface area contributed by atoms with Gasteiger partial charge in [-0.15, -0.1) is 0 Å². The van der Waals surface area contributed by atoms with Crippen LogP contribution in [0.2, 0.25) is 0 Å². The van der Waals surface area contributed by atoms with Crippen molar-refractivity contribution in [1.82, 2.24) is 4.90 Å². The number of rotatable bonds is 7. The molecule has 0 unspecified atom stereocenters. The van der Waals surface area contributed by atoms with Gasteiger partial charge in [0.25, 0.3) is 0 Å². The highest BCUT2D eigenvalue weighted by atomic mass is 16.1. The Bertz CT molecular complexity index is 232. The molecule has 0 aromatic rings. The van der Waals surface area contributed by atoms with Crippen molar-refractivity contribution in [2.75, 3.05) is 14.1 Å². The predicted octanol–water partition coefficient (Wildman–Crippen LogP) is 2.28. The van der Waals surface area contributed by atoms with E-state index in [0.717, 1.165) is 18.5 Å². The smallest absolute Gasteiger partial charge is 0.246 e. The van der Waals surface area contributed by atoms with Gasteiger partial charge in [0.2, 0.25) is 5.91 Å². The summed E-state index contributed by atoms with van der Waals surface area (Å²) in [4.78, 5) is 13.1. The molecule has 88 valence electrons. The van der Waals surface area contributed by atoms with E-state index in [1.807, 2.05) is 19.0 Å². The van der Waals surface area contributed by atoms with Crippen LogP contribution in [0.25, 0.3) is 0 Å². The van der Waals surface area contributed by atoms with Gasteiger partial charge in [0, 0.05) is 25.4 Å². The van der Waals surface area contributed by atoms with Gasteiger partial charge >= 0.3 is 0 Å². The Morgan fingerprint density at radius 3 is 2.20 bits per heavy atom. The standard InChI is InChI=1S/C12H24N2O/c1-5-6-7-8-9-11(14(3)4)10(2)12(13)15/h5-9H2,1-4H3,(H2,13,15)/b11-10+. The third kappa shape index (κ3) is 5.45. The van der Waals surface area contributed by atoms with Gasteiger partial charge in [-0.2, -0.15) is 0 Å². The average Bonchev–Trinajstić information content (AvgIpc) is 2.16. The lowest BCUT2D eigenvalue weighted by molar-refractivity contribution is -0.114. The fraction of sp³-hybridized carbons (Fsp3) is 0.750. The van der Waals surface area contributed by atoms with Crippen LogP contribution in [0.5, 0.6) is 0 Å². The van der Waals surface area contributed by atoms with Crippen LogP contribution in [0.15, 0.2) is 11.3 Å². The molecule has 0 aromatic carbocycles. The molecule has 0 atom stereocenters. The van der Waals surface area contributed by atoms with Crippen LogP contribution in [0, 0.1) is 0 Å². The Balaban J connectivity index is 4.29. The third-order valence-electron chi connectivity index (χ3n) is 2.61. The molecule has 0 radical (unpaired) electrons. The summed E-state index contributed by atoms with van der Waals surface area (Å²) in [5, 5.41) is 0. The average molecular weight is 212 g/mol. The number of primary amides is 1. The first-order valence-corrected chi connectivity index (χ1v) is 5.67. The zero-order chi connectivity index (χ0) is 11.8. The molecule has 0 bridgehead atoms. The maximum Gasteiger partial charge on any atom is 0.246 e. The van der Waals surface area contributed by atoms with Crippen LogP contribution in [-0.2, 0) is 4.79 Å². The van der Waals surface area contributed by atoms with Crippen LogP contribution in [0.3, 0.4) is 0 Å². The fourth-order valence-electron chi connectivity index (χ4n) is 1.61. The second-order valence-electron chi connectivity index (χ2n) is 4.14. The maximum atomic E-state index is 11.1. The van der Waals surface area contributed by atoms with E-state index in [1.54, 1.807) is 6.92 Å². The second-order valence-corrected chi connectivity index (χ2v) is 4.14. The maximum absolute atomic E-state index is 11.1. The van der Waals surface area contributed by atoms with Crippen molar-refractivity contribution < 1.29 is 4.79 Å². The number of amides is 1. The van der Waals surface area contributed by atoms with Gasteiger partial charge in [-0.1, -0.05) is 26.2 Å². The largest absolute Gasteiger partial charge is 0.381 e. The van der Waals surface area contributed by atoms with Crippen molar-refractivity contribution in [3.63, 3.8) is 0 Å². The summed E-state index contributed by atoms with van der Waals surface area (Å²) >= 11 is 0. The Kier molecular flexibility index (Phi) is 6.84. The number of carbonyl (C=O) groups is 1. The lowest BCUT2D eigenvalue weighted by Crippen LogP contribution is -2.20. The minimum Gasteiger partial charge on any atom is -0.381 e. The summed E-state index contributed by atoms with van der Waals surface area (Å²) in [6.45, 7) is 3.99. The predicted molar refractivity (Wildman–Crippen MR) is 64.3 cm³/mol. The van der Waals surface area contributed by atoms with Gasteiger partial charge in [0.1, 0.15) is 0 Å². The molecular formula is C12H24N2O. The SMILES string of the molecule is CCCCCC/C(=C(/C)C(N)=O)N(C)C. The Morgan fingerprint density at radius 1 is 1.20 bits per heavy atom. The highest BCUT2D eigenvalue weighted by molar-refractivity contribution is 5.91. The van der Waals surface area contributed by atoms with Crippen LogP contribution < -0.4 is 5.73 Å². The molecule has 3 nitrogen and oxygen atoms in total. The van der Waals surface area contributed by atoms with Crippen LogP contribution in [0.4, 0.5) is 0 Å². The normalized spacial score (nSPS) is 12.3. The molecule has 0 fully saturated rings. The molecule has 0 spiro atoms. The van der Waals surface area contributed by atoms with E-state index in [0.29, 0.717) is 5.57 Å². The summed E-state index contributed by atoms with van der Waals surface area (Å²) in [6, 6.07) is 0. The summed E-state index contributed by atoms with van der Waals surface area (Å²) < 4.78 is 0. The monoisotopic (exact) mass is 212 g/mol. The van der Waals surface area contributed by atoms with Gasteiger partial charge in [-0.25, -0.2) is 0 Å². The Hall–Kier alpha value is -0.990. The van der Waals surface area contributed by atoms with E-state index in [1.165, 1.54) is 19.3 Å². The van der Waals surface area contributed by atoms with Crippen molar-refractivity contribution in [3.05, 3.63) is 11.3 Å². The van der Waals surface area contributed by atoms with Crippen LogP contribution >= 0.6 is 0 Å². The molecule has 0 heterocycles. The highest BCUT2D eigenvalue weighted by Gasteiger charge is 2.09. The number of allylic oxidation sites excluding steroid dienone is 1. The zero-order valence-corrected chi connectivity index (χ0v) is 10.5. The van der Waals surface area contributed by atoms with E-state index in [2.05, 4.69) is 6.92 Å². The molecule has 0 aromatic heterocycles. The van der Waals surface area contributed by atoms with Gasteiger partial charge in [0.15, 0.2) is 0 Å². The molecule has 2 N–H and O–H groups in total. The lowest BCUT2D eigenvalue weighted by atomic mass is 10.1. The van der Waals surface area contributed by atoms with Gasteiger partial charge in [0.05, 0.1) is 0 Å². The number of unbranched alkanes of at least 4 members (excludes halogenated alkanes) is 3. The number of nitrogens with zero attached hydrogens (tertiary/aromatic N) is 1. The van der Waals surface area contributed by atoms with Gasteiger partial charge in [-0.3, -0.25) is 4.79 Å². The van der Waals surface area contributed by atoms with E-state index < -0.39 is 0 Å². The van der Waals surface area contributed by atoms with Crippen LogP contribution in [-0.4, -0.2) is 24.9 Å². The van der Waals surface area contributed by atoms with Crippen molar-refractivity contribution >= 4 is 5.91 Å². The van der Waals surface area contributed by atoms with E-state index in [9.17, 15) is 4.79 Å². The lowest BCUT2D eigenvalue weighted by Gasteiger charge is -2.19. The summed E-state index contributed by atoms with van der Waals surface area (Å²) in [7, 11) is 3.92. The zero-order valence-electron chi connectivity index (χ0n) is 10.5. The summed E-state index contributed by atoms with van der Waals surface area (Å²) in [5.41, 5.74) is 7.04. The number of hydrogen-bond acceptors (Lipinski definition) is 2. The molecule has 1 amide bonds. The van der Waals surface area contributed by atoms with Crippen molar-refractivity contribution in [1.29, 1.82) is 0 Å². The van der Waals surface area contributed by atoms with E-state index in [4.69, 9.17) is 5.73 Å². The minimum absolute atomic E-state index is 0.311. The minimum atomic E-state index is -0.311. The molecule has 0 aliphatic rings. The molecule has 0 rings (SSSR count). The third-order valence-corrected chi connectivity index (χ3v) is 2.61. The first-order chi connectivity index (χ1) is 7.00. The van der Waals surface area contributed by atoms with Crippen LogP contribution in [0.1, 0.15) is 46.0 Å². The Morgan fingerprint density at radius 2 is 1.80 bits per heavy atom. The molecule has 3 heteroatoms. The molecule has 0 aliphatic heterocycles. The van der Waals surface area contributed by atoms with E-state index >= 15 is 0 Å². The Labute approximate surface area is 93.3 Å². The topological polar surface area (TPSA) is 46.3 Å². The molecular weight excluding hydrogens is 188 g/mol. The number of carbonyl (C=O) groups excluding carboxylic acids is 1.